The Hall–Kier alpha value is -2.63. The van der Waals surface area contributed by atoms with E-state index in [0.29, 0.717) is 12.0 Å². The van der Waals surface area contributed by atoms with E-state index in [9.17, 15) is 0 Å². The van der Waals surface area contributed by atoms with Crippen molar-refractivity contribution in [3.8, 4) is 11.4 Å². The minimum absolute atomic E-state index is 0.393. The standard InChI is InChI=1S/C32H44N4O/c1-3-4-5-6-7-8-12-26-15-17-27(18-16-26)29-19-21-34-32(29)24-37-22-11-13-28-23-31(36-35-25(28)2)30-14-9-10-20-33-30/h9-10,14-18,20,23,29,32,34H,3-8,11-13,19,21-22,24H2,1-2H3/t29-,32-/m1/s1. The van der Waals surface area contributed by atoms with Crippen LogP contribution in [0.3, 0.4) is 0 Å². The van der Waals surface area contributed by atoms with E-state index in [1.165, 1.54) is 68.1 Å². The largest absolute Gasteiger partial charge is 0.380 e. The zero-order valence-corrected chi connectivity index (χ0v) is 22.8. The summed E-state index contributed by atoms with van der Waals surface area (Å²) in [4.78, 5) is 4.40. The van der Waals surface area contributed by atoms with Crippen LogP contribution in [-0.4, -0.2) is 41.0 Å². The lowest BCUT2D eigenvalue weighted by Gasteiger charge is -2.20. The first-order valence-corrected chi connectivity index (χ1v) is 14.4. The molecule has 1 fully saturated rings. The number of unbranched alkanes of at least 4 members (excludes halogenated alkanes) is 5. The Balaban J connectivity index is 1.18. The number of hydrogen-bond donors (Lipinski definition) is 1. The van der Waals surface area contributed by atoms with Crippen LogP contribution in [0.2, 0.25) is 0 Å². The second-order valence-corrected chi connectivity index (χ2v) is 10.4. The Bertz CT molecular complexity index is 1050. The molecule has 1 aliphatic heterocycles. The lowest BCUT2D eigenvalue weighted by molar-refractivity contribution is 0.110. The van der Waals surface area contributed by atoms with Gasteiger partial charge in [-0.05, 0) is 80.5 Å². The van der Waals surface area contributed by atoms with Crippen molar-refractivity contribution in [1.82, 2.24) is 20.5 Å². The van der Waals surface area contributed by atoms with E-state index in [4.69, 9.17) is 4.74 Å². The summed E-state index contributed by atoms with van der Waals surface area (Å²) in [6.45, 7) is 6.88. The number of benzene rings is 1. The molecule has 2 atom stereocenters. The predicted octanol–water partition coefficient (Wildman–Crippen LogP) is 6.84. The molecule has 0 saturated carbocycles. The first-order valence-electron chi connectivity index (χ1n) is 14.4. The number of aryl methyl sites for hydroxylation is 3. The average molecular weight is 501 g/mol. The lowest BCUT2D eigenvalue weighted by Crippen LogP contribution is -2.31. The molecule has 3 heterocycles. The molecular weight excluding hydrogens is 456 g/mol. The third-order valence-corrected chi connectivity index (χ3v) is 7.62. The van der Waals surface area contributed by atoms with Gasteiger partial charge in [0.15, 0.2) is 0 Å². The van der Waals surface area contributed by atoms with E-state index in [1.54, 1.807) is 6.20 Å². The summed E-state index contributed by atoms with van der Waals surface area (Å²) in [6.07, 6.45) is 14.2. The topological polar surface area (TPSA) is 59.9 Å². The molecule has 0 bridgehead atoms. The quantitative estimate of drug-likeness (QED) is 0.231. The summed E-state index contributed by atoms with van der Waals surface area (Å²) >= 11 is 0. The maximum Gasteiger partial charge on any atom is 0.112 e. The van der Waals surface area contributed by atoms with Crippen molar-refractivity contribution >= 4 is 0 Å². The number of pyridine rings is 1. The van der Waals surface area contributed by atoms with Gasteiger partial charge in [-0.3, -0.25) is 4.98 Å². The summed E-state index contributed by atoms with van der Waals surface area (Å²) in [5.41, 5.74) is 6.82. The third kappa shape index (κ3) is 8.44. The first-order chi connectivity index (χ1) is 18.2. The van der Waals surface area contributed by atoms with Gasteiger partial charge in [-0.15, -0.1) is 5.10 Å². The van der Waals surface area contributed by atoms with Gasteiger partial charge in [0.25, 0.3) is 0 Å². The Morgan fingerprint density at radius 2 is 1.73 bits per heavy atom. The highest BCUT2D eigenvalue weighted by Gasteiger charge is 2.28. The van der Waals surface area contributed by atoms with Crippen molar-refractivity contribution in [2.24, 2.45) is 0 Å². The fourth-order valence-corrected chi connectivity index (χ4v) is 5.34. The maximum atomic E-state index is 6.15. The summed E-state index contributed by atoms with van der Waals surface area (Å²) in [5.74, 6) is 0.538. The van der Waals surface area contributed by atoms with E-state index < -0.39 is 0 Å². The minimum atomic E-state index is 0.393. The van der Waals surface area contributed by atoms with E-state index in [-0.39, 0.29) is 0 Å². The van der Waals surface area contributed by atoms with Crippen molar-refractivity contribution in [3.05, 3.63) is 77.1 Å². The molecule has 1 aromatic carbocycles. The van der Waals surface area contributed by atoms with Crippen molar-refractivity contribution in [2.75, 3.05) is 19.8 Å². The van der Waals surface area contributed by atoms with E-state index in [0.717, 1.165) is 49.7 Å². The van der Waals surface area contributed by atoms with Gasteiger partial charge in [-0.1, -0.05) is 69.4 Å². The van der Waals surface area contributed by atoms with Gasteiger partial charge in [-0.2, -0.15) is 5.10 Å². The summed E-state index contributed by atoms with van der Waals surface area (Å²) < 4.78 is 6.15. The van der Waals surface area contributed by atoms with Gasteiger partial charge in [-0.25, -0.2) is 0 Å². The van der Waals surface area contributed by atoms with Gasteiger partial charge in [0, 0.05) is 24.8 Å². The van der Waals surface area contributed by atoms with Crippen molar-refractivity contribution in [1.29, 1.82) is 0 Å². The van der Waals surface area contributed by atoms with Gasteiger partial charge in [0.1, 0.15) is 5.69 Å². The Morgan fingerprint density at radius 3 is 2.54 bits per heavy atom. The molecule has 1 aliphatic rings. The predicted molar refractivity (Wildman–Crippen MR) is 152 cm³/mol. The van der Waals surface area contributed by atoms with Crippen molar-refractivity contribution in [2.45, 2.75) is 90.0 Å². The van der Waals surface area contributed by atoms with Crippen molar-refractivity contribution < 1.29 is 4.74 Å². The highest BCUT2D eigenvalue weighted by molar-refractivity contribution is 5.54. The highest BCUT2D eigenvalue weighted by Crippen LogP contribution is 2.28. The molecule has 2 aromatic heterocycles. The molecule has 198 valence electrons. The van der Waals surface area contributed by atoms with Crippen LogP contribution in [0, 0.1) is 6.92 Å². The van der Waals surface area contributed by atoms with E-state index in [1.807, 2.05) is 25.1 Å². The molecular formula is C32H44N4O. The van der Waals surface area contributed by atoms with Crippen LogP contribution in [0.1, 0.15) is 86.6 Å². The van der Waals surface area contributed by atoms with Crippen LogP contribution >= 0.6 is 0 Å². The summed E-state index contributed by atoms with van der Waals surface area (Å²) in [7, 11) is 0. The molecule has 0 amide bonds. The fourth-order valence-electron chi connectivity index (χ4n) is 5.34. The number of ether oxygens (including phenoxy) is 1. The molecule has 5 nitrogen and oxygen atoms in total. The lowest BCUT2D eigenvalue weighted by atomic mass is 9.91. The molecule has 0 unspecified atom stereocenters. The number of hydrogen-bond acceptors (Lipinski definition) is 5. The SMILES string of the molecule is CCCCCCCCc1ccc([C@H]2CCN[C@@H]2COCCCc2cc(-c3ccccn3)nnc2C)cc1. The molecule has 1 N–H and O–H groups in total. The van der Waals surface area contributed by atoms with E-state index in [2.05, 4.69) is 57.8 Å². The number of rotatable bonds is 15. The third-order valence-electron chi connectivity index (χ3n) is 7.62. The number of nitrogens with one attached hydrogen (secondary N) is 1. The zero-order chi connectivity index (χ0) is 25.7. The minimum Gasteiger partial charge on any atom is -0.380 e. The van der Waals surface area contributed by atoms with Crippen molar-refractivity contribution in [3.63, 3.8) is 0 Å². The van der Waals surface area contributed by atoms with Gasteiger partial charge in [0.05, 0.1) is 18.0 Å². The van der Waals surface area contributed by atoms with Crippen LogP contribution in [0.15, 0.2) is 54.7 Å². The van der Waals surface area contributed by atoms with Crippen LogP contribution in [0.5, 0.6) is 0 Å². The summed E-state index contributed by atoms with van der Waals surface area (Å²) in [5, 5.41) is 12.4. The fraction of sp³-hybridized carbons (Fsp3) is 0.531. The summed E-state index contributed by atoms with van der Waals surface area (Å²) in [6, 6.07) is 17.8. The highest BCUT2D eigenvalue weighted by atomic mass is 16.5. The molecule has 1 saturated heterocycles. The van der Waals surface area contributed by atoms with Gasteiger partial charge < -0.3 is 10.1 Å². The van der Waals surface area contributed by atoms with Crippen LogP contribution in [-0.2, 0) is 17.6 Å². The average Bonchev–Trinajstić information content (AvgIpc) is 3.41. The smallest absolute Gasteiger partial charge is 0.112 e. The Labute approximate surface area is 223 Å². The van der Waals surface area contributed by atoms with E-state index >= 15 is 0 Å². The zero-order valence-electron chi connectivity index (χ0n) is 22.8. The van der Waals surface area contributed by atoms with Gasteiger partial charge in [0.2, 0.25) is 0 Å². The Kier molecular flexibility index (Phi) is 11.1. The normalized spacial score (nSPS) is 17.4. The monoisotopic (exact) mass is 500 g/mol. The van der Waals surface area contributed by atoms with Crippen LogP contribution in [0.4, 0.5) is 0 Å². The molecule has 0 radical (unpaired) electrons. The van der Waals surface area contributed by atoms with Crippen LogP contribution < -0.4 is 5.32 Å². The molecule has 5 heteroatoms. The second kappa shape index (κ2) is 14.9. The van der Waals surface area contributed by atoms with Crippen LogP contribution in [0.25, 0.3) is 11.4 Å². The Morgan fingerprint density at radius 1 is 0.892 bits per heavy atom. The molecule has 0 spiro atoms. The number of nitrogens with zero attached hydrogens (tertiary/aromatic N) is 3. The molecule has 37 heavy (non-hydrogen) atoms. The molecule has 4 rings (SSSR count). The molecule has 3 aromatic rings. The first kappa shape index (κ1) is 27.4. The van der Waals surface area contributed by atoms with Gasteiger partial charge >= 0.3 is 0 Å². The molecule has 0 aliphatic carbocycles. The number of aromatic nitrogens is 3. The second-order valence-electron chi connectivity index (χ2n) is 10.4. The maximum absolute atomic E-state index is 6.15.